The molecule has 1 saturated heterocycles. The number of aliphatic hydroxyl groups excluding tert-OH is 1. The van der Waals surface area contributed by atoms with Crippen molar-refractivity contribution in [2.75, 3.05) is 26.4 Å². The molecule has 206 valence electrons. The van der Waals surface area contributed by atoms with Crippen molar-refractivity contribution in [3.05, 3.63) is 24.3 Å². The van der Waals surface area contributed by atoms with Crippen molar-refractivity contribution in [1.29, 1.82) is 0 Å². The van der Waals surface area contributed by atoms with Crippen LogP contribution in [0.3, 0.4) is 0 Å². The maximum atomic E-state index is 11.9. The van der Waals surface area contributed by atoms with Crippen LogP contribution in [0.5, 0.6) is 0 Å². The van der Waals surface area contributed by atoms with E-state index in [1.165, 1.54) is 70.6 Å². The summed E-state index contributed by atoms with van der Waals surface area (Å²) < 4.78 is 16.9. The zero-order valence-corrected chi connectivity index (χ0v) is 22.8. The van der Waals surface area contributed by atoms with Crippen LogP contribution in [0.4, 0.5) is 0 Å². The first-order chi connectivity index (χ1) is 17.3. The van der Waals surface area contributed by atoms with Crippen LogP contribution in [0.1, 0.15) is 97.3 Å². The van der Waals surface area contributed by atoms with E-state index < -0.39 is 18.5 Å². The second-order valence-corrected chi connectivity index (χ2v) is 11.1. The van der Waals surface area contributed by atoms with Gasteiger partial charge < -0.3 is 19.3 Å². The molecule has 0 aromatic carbocycles. The Kier molecular flexibility index (Phi) is 14.4. The molecule has 6 heteroatoms. The second-order valence-electron chi connectivity index (χ2n) is 11.1. The van der Waals surface area contributed by atoms with Crippen LogP contribution >= 0.6 is 0 Å². The Balaban J connectivity index is 1.72. The average Bonchev–Trinajstić information content (AvgIpc) is 2.90. The molecule has 0 radical (unpaired) electrons. The predicted octanol–water partition coefficient (Wildman–Crippen LogP) is 6.17. The number of rotatable bonds is 16. The van der Waals surface area contributed by atoms with Gasteiger partial charge in [-0.25, -0.2) is 9.59 Å². The summed E-state index contributed by atoms with van der Waals surface area (Å²) in [5.74, 6) is 1.01. The fourth-order valence-corrected chi connectivity index (χ4v) is 5.48. The molecule has 3 unspecified atom stereocenters. The van der Waals surface area contributed by atoms with Crippen LogP contribution < -0.4 is 0 Å². The summed E-state index contributed by atoms with van der Waals surface area (Å²) in [6.07, 6.45) is 16.8. The molecular weight excluding hydrogens is 456 g/mol. The molecule has 1 aliphatic heterocycles. The number of carbonyl (C=O) groups is 2. The van der Waals surface area contributed by atoms with Crippen molar-refractivity contribution < 1.29 is 28.9 Å². The quantitative estimate of drug-likeness (QED) is 0.153. The van der Waals surface area contributed by atoms with Gasteiger partial charge in [-0.3, -0.25) is 0 Å². The Bertz CT molecular complexity index is 686. The number of esters is 2. The van der Waals surface area contributed by atoms with Gasteiger partial charge >= 0.3 is 11.9 Å². The van der Waals surface area contributed by atoms with Crippen molar-refractivity contribution >= 4 is 11.9 Å². The zero-order valence-electron chi connectivity index (χ0n) is 22.8. The maximum absolute atomic E-state index is 11.9. The molecule has 1 aliphatic carbocycles. The van der Waals surface area contributed by atoms with Gasteiger partial charge in [0.25, 0.3) is 0 Å². The van der Waals surface area contributed by atoms with Crippen LogP contribution in [0.2, 0.25) is 0 Å². The summed E-state index contributed by atoms with van der Waals surface area (Å²) in [6, 6.07) is 0. The molecule has 0 aromatic heterocycles. The van der Waals surface area contributed by atoms with Crippen molar-refractivity contribution in [3.8, 4) is 0 Å². The molecule has 6 nitrogen and oxygen atoms in total. The number of hydrogen-bond donors (Lipinski definition) is 1. The Hall–Kier alpha value is -1.66. The van der Waals surface area contributed by atoms with E-state index in [0.29, 0.717) is 18.1 Å². The van der Waals surface area contributed by atoms with E-state index >= 15 is 0 Å². The number of unbranched alkanes of at least 4 members (excludes halogenated alkanes) is 3. The van der Waals surface area contributed by atoms with Gasteiger partial charge in [0.2, 0.25) is 0 Å². The molecule has 0 bridgehead atoms. The minimum atomic E-state index is -0.641. The molecule has 1 N–H and O–H groups in total. The molecule has 0 amide bonds. The summed E-state index contributed by atoms with van der Waals surface area (Å²) in [4.78, 5) is 23.8. The molecule has 1 heterocycles. The van der Waals surface area contributed by atoms with Gasteiger partial charge in [0, 0.05) is 12.2 Å². The van der Waals surface area contributed by atoms with Crippen molar-refractivity contribution in [2.45, 2.75) is 103 Å². The van der Waals surface area contributed by atoms with Crippen LogP contribution in [-0.4, -0.2) is 49.6 Å². The largest absolute Gasteiger partial charge is 0.462 e. The Labute approximate surface area is 218 Å². The molecular formula is C30H50O6. The van der Waals surface area contributed by atoms with Crippen LogP contribution in [-0.2, 0) is 23.8 Å². The molecule has 2 rings (SSSR count). The minimum Gasteiger partial charge on any atom is -0.462 e. The predicted molar refractivity (Wildman–Crippen MR) is 142 cm³/mol. The fraction of sp³-hybridized carbons (Fsp3) is 0.800. The van der Waals surface area contributed by atoms with Crippen molar-refractivity contribution in [2.24, 2.45) is 23.7 Å². The molecule has 2 aliphatic rings. The smallest absolute Gasteiger partial charge is 0.335 e. The second kappa shape index (κ2) is 17.0. The van der Waals surface area contributed by atoms with E-state index in [4.69, 9.17) is 19.3 Å². The van der Waals surface area contributed by atoms with Gasteiger partial charge in [0.15, 0.2) is 0 Å². The van der Waals surface area contributed by atoms with E-state index in [1.54, 1.807) is 6.92 Å². The highest BCUT2D eigenvalue weighted by Gasteiger charge is 2.31. The van der Waals surface area contributed by atoms with Crippen molar-refractivity contribution in [3.63, 3.8) is 0 Å². The zero-order chi connectivity index (χ0) is 26.3. The van der Waals surface area contributed by atoms with Gasteiger partial charge in [-0.15, -0.1) is 0 Å². The van der Waals surface area contributed by atoms with E-state index in [9.17, 15) is 9.59 Å². The molecule has 3 atom stereocenters. The van der Waals surface area contributed by atoms with Crippen molar-refractivity contribution in [1.82, 2.24) is 0 Å². The number of ether oxygens (including phenoxy) is 3. The first-order valence-electron chi connectivity index (χ1n) is 14.2. The average molecular weight is 507 g/mol. The Morgan fingerprint density at radius 2 is 1.44 bits per heavy atom. The van der Waals surface area contributed by atoms with Gasteiger partial charge in [-0.1, -0.05) is 84.3 Å². The summed E-state index contributed by atoms with van der Waals surface area (Å²) in [7, 11) is 0. The molecule has 0 aromatic rings. The topological polar surface area (TPSA) is 82.1 Å². The van der Waals surface area contributed by atoms with E-state index in [2.05, 4.69) is 20.1 Å². The van der Waals surface area contributed by atoms with E-state index in [-0.39, 0.29) is 30.8 Å². The summed E-state index contributed by atoms with van der Waals surface area (Å²) in [5, 5.41) is 9.09. The standard InChI is InChI=1S/C30H50O6/c1-5-6-7-8-9-24-10-12-25(13-11-24)14-15-26-16-17-28(34-19-26)27(20-35-29(32)22(2)3)21-36-30(33)23(4)18-31/h24-28,31H,2,4-21H2,1,3H3. The number of hydrogen-bond acceptors (Lipinski definition) is 6. The van der Waals surface area contributed by atoms with E-state index in [0.717, 1.165) is 24.7 Å². The highest BCUT2D eigenvalue weighted by molar-refractivity contribution is 5.88. The lowest BCUT2D eigenvalue weighted by molar-refractivity contribution is -0.150. The summed E-state index contributed by atoms with van der Waals surface area (Å²) in [5.41, 5.74) is 0.331. The van der Waals surface area contributed by atoms with Gasteiger partial charge in [0.05, 0.1) is 24.2 Å². The number of aliphatic hydroxyl groups is 1. The monoisotopic (exact) mass is 506 g/mol. The van der Waals surface area contributed by atoms with Gasteiger partial charge in [-0.2, -0.15) is 0 Å². The molecule has 1 saturated carbocycles. The molecule has 0 spiro atoms. The van der Waals surface area contributed by atoms with Crippen LogP contribution in [0.15, 0.2) is 24.3 Å². The van der Waals surface area contributed by atoms with Crippen LogP contribution in [0.25, 0.3) is 0 Å². The minimum absolute atomic E-state index is 0.00262. The lowest BCUT2D eigenvalue weighted by Gasteiger charge is -2.35. The third-order valence-electron chi connectivity index (χ3n) is 8.03. The van der Waals surface area contributed by atoms with Gasteiger partial charge in [0.1, 0.15) is 13.2 Å². The van der Waals surface area contributed by atoms with E-state index in [1.807, 2.05) is 0 Å². The maximum Gasteiger partial charge on any atom is 0.335 e. The molecule has 36 heavy (non-hydrogen) atoms. The third kappa shape index (κ3) is 11.2. The third-order valence-corrected chi connectivity index (χ3v) is 8.03. The first kappa shape index (κ1) is 30.6. The lowest BCUT2D eigenvalue weighted by atomic mass is 9.77. The SMILES string of the molecule is C=C(C)C(=O)OCC(COC(=O)C(=C)CO)C1CCC(CCC2CCC(CCCCCC)CC2)CO1. The highest BCUT2D eigenvalue weighted by Crippen LogP contribution is 2.36. The lowest BCUT2D eigenvalue weighted by Crippen LogP contribution is -2.38. The Morgan fingerprint density at radius 3 is 2.00 bits per heavy atom. The van der Waals surface area contributed by atoms with Crippen LogP contribution in [0, 0.1) is 23.7 Å². The summed E-state index contributed by atoms with van der Waals surface area (Å²) in [6.45, 7) is 11.4. The highest BCUT2D eigenvalue weighted by atomic mass is 16.6. The normalized spacial score (nSPS) is 25.1. The summed E-state index contributed by atoms with van der Waals surface area (Å²) >= 11 is 0. The molecule has 2 fully saturated rings. The first-order valence-corrected chi connectivity index (χ1v) is 14.2. The Morgan fingerprint density at radius 1 is 0.861 bits per heavy atom. The fourth-order valence-electron chi connectivity index (χ4n) is 5.48. The van der Waals surface area contributed by atoms with Gasteiger partial charge in [-0.05, 0) is 43.9 Å². The number of carbonyl (C=O) groups excluding carboxylic acids is 2.